The van der Waals surface area contributed by atoms with Crippen molar-refractivity contribution in [3.05, 3.63) is 57.6 Å². The summed E-state index contributed by atoms with van der Waals surface area (Å²) in [6.45, 7) is 8.91. The van der Waals surface area contributed by atoms with E-state index in [1.165, 1.54) is 17.5 Å². The Bertz CT molecular complexity index is 686. The fourth-order valence-electron chi connectivity index (χ4n) is 2.60. The molecule has 0 heterocycles. The fourth-order valence-corrected chi connectivity index (χ4v) is 3.20. The van der Waals surface area contributed by atoms with Crippen LogP contribution < -0.4 is 14.8 Å². The Hall–Kier alpha value is -1.52. The zero-order valence-electron chi connectivity index (χ0n) is 15.6. The average Bonchev–Trinajstić information content (AvgIpc) is 2.57. The molecule has 4 heteroatoms. The summed E-state index contributed by atoms with van der Waals surface area (Å²) in [5, 5.41) is 3.48. The molecule has 0 fully saturated rings. The van der Waals surface area contributed by atoms with Crippen LogP contribution in [-0.4, -0.2) is 13.7 Å². The molecule has 0 aliphatic heterocycles. The highest BCUT2D eigenvalue weighted by molar-refractivity contribution is 9.10. The molecule has 0 aliphatic carbocycles. The molecule has 0 saturated heterocycles. The van der Waals surface area contributed by atoms with Crippen molar-refractivity contribution in [2.75, 3.05) is 13.7 Å². The minimum absolute atomic E-state index is 0.516. The molecule has 0 atom stereocenters. The van der Waals surface area contributed by atoms with E-state index in [9.17, 15) is 0 Å². The van der Waals surface area contributed by atoms with Crippen LogP contribution in [0.25, 0.3) is 0 Å². The number of benzene rings is 2. The first-order valence-electron chi connectivity index (χ1n) is 8.75. The molecule has 2 aromatic rings. The van der Waals surface area contributed by atoms with Gasteiger partial charge in [-0.25, -0.2) is 0 Å². The van der Waals surface area contributed by atoms with E-state index in [4.69, 9.17) is 9.47 Å². The Morgan fingerprint density at radius 3 is 2.60 bits per heavy atom. The second-order valence-corrected chi connectivity index (χ2v) is 7.60. The highest BCUT2D eigenvalue weighted by atomic mass is 79.9. The molecule has 25 heavy (non-hydrogen) atoms. The first-order valence-corrected chi connectivity index (χ1v) is 9.54. The van der Waals surface area contributed by atoms with Crippen molar-refractivity contribution in [3.63, 3.8) is 0 Å². The van der Waals surface area contributed by atoms with Gasteiger partial charge < -0.3 is 14.8 Å². The predicted octanol–water partition coefficient (Wildman–Crippen LogP) is 5.48. The fraction of sp³-hybridized carbons (Fsp3) is 0.429. The van der Waals surface area contributed by atoms with Gasteiger partial charge in [-0.1, -0.05) is 43.7 Å². The van der Waals surface area contributed by atoms with Crippen LogP contribution in [0.5, 0.6) is 11.5 Å². The lowest BCUT2D eigenvalue weighted by atomic mass is 10.1. The van der Waals surface area contributed by atoms with Gasteiger partial charge in [-0.05, 0) is 65.0 Å². The zero-order chi connectivity index (χ0) is 18.2. The third kappa shape index (κ3) is 6.37. The molecule has 0 unspecified atom stereocenters. The van der Waals surface area contributed by atoms with E-state index in [0.717, 1.165) is 34.6 Å². The van der Waals surface area contributed by atoms with Crippen molar-refractivity contribution in [2.24, 2.45) is 5.92 Å². The topological polar surface area (TPSA) is 30.5 Å². The monoisotopic (exact) mass is 405 g/mol. The Morgan fingerprint density at radius 2 is 1.92 bits per heavy atom. The van der Waals surface area contributed by atoms with Crippen molar-refractivity contribution in [3.8, 4) is 11.5 Å². The molecule has 0 radical (unpaired) electrons. The van der Waals surface area contributed by atoms with E-state index in [1.807, 2.05) is 12.1 Å². The van der Waals surface area contributed by atoms with Gasteiger partial charge in [0.2, 0.25) is 0 Å². The average molecular weight is 406 g/mol. The van der Waals surface area contributed by atoms with Crippen LogP contribution in [0.1, 0.15) is 37.0 Å². The summed E-state index contributed by atoms with van der Waals surface area (Å²) in [6.07, 6.45) is 1.18. The first kappa shape index (κ1) is 19.8. The molecule has 0 aliphatic rings. The lowest BCUT2D eigenvalue weighted by Crippen LogP contribution is -2.16. The smallest absolute Gasteiger partial charge is 0.175 e. The Balaban J connectivity index is 2.03. The van der Waals surface area contributed by atoms with Crippen LogP contribution >= 0.6 is 15.9 Å². The largest absolute Gasteiger partial charge is 0.493 e. The second-order valence-electron chi connectivity index (χ2n) is 6.75. The number of hydrogen-bond acceptors (Lipinski definition) is 3. The van der Waals surface area contributed by atoms with Crippen molar-refractivity contribution >= 4 is 15.9 Å². The molecule has 0 spiro atoms. The molecule has 3 nitrogen and oxygen atoms in total. The summed E-state index contributed by atoms with van der Waals surface area (Å²) in [6, 6.07) is 12.5. The maximum absolute atomic E-state index is 6.02. The number of methoxy groups -OCH3 is 1. The van der Waals surface area contributed by atoms with Crippen molar-refractivity contribution in [1.82, 2.24) is 5.32 Å². The Labute approximate surface area is 159 Å². The summed E-state index contributed by atoms with van der Waals surface area (Å²) in [5.74, 6) is 2.21. The number of hydrogen-bond donors (Lipinski definition) is 1. The summed E-state index contributed by atoms with van der Waals surface area (Å²) in [5.41, 5.74) is 3.55. The molecular formula is C21H28BrNO2. The lowest BCUT2D eigenvalue weighted by Gasteiger charge is -2.15. The molecule has 0 aromatic heterocycles. The van der Waals surface area contributed by atoms with E-state index in [-0.39, 0.29) is 0 Å². The highest BCUT2D eigenvalue weighted by Crippen LogP contribution is 2.37. The molecule has 136 valence electrons. The zero-order valence-corrected chi connectivity index (χ0v) is 17.2. The Kier molecular flexibility index (Phi) is 7.79. The van der Waals surface area contributed by atoms with Crippen molar-refractivity contribution in [2.45, 2.75) is 40.3 Å². The van der Waals surface area contributed by atoms with Gasteiger partial charge in [0.15, 0.2) is 11.5 Å². The minimum atomic E-state index is 0.516. The summed E-state index contributed by atoms with van der Waals surface area (Å²) >= 11 is 3.63. The van der Waals surface area contributed by atoms with Crippen LogP contribution in [0.15, 0.2) is 40.9 Å². The van der Waals surface area contributed by atoms with Gasteiger partial charge in [0, 0.05) is 6.54 Å². The third-order valence-corrected chi connectivity index (χ3v) is 4.57. The van der Waals surface area contributed by atoms with Gasteiger partial charge >= 0.3 is 0 Å². The SMILES string of the molecule is COc1cc(CNCCC(C)C)cc(Br)c1OCc1cccc(C)c1. The maximum atomic E-state index is 6.02. The van der Waals surface area contributed by atoms with Crippen LogP contribution in [0.4, 0.5) is 0 Å². The second kappa shape index (κ2) is 9.83. The quantitative estimate of drug-likeness (QED) is 0.560. The minimum Gasteiger partial charge on any atom is -0.493 e. The third-order valence-electron chi connectivity index (χ3n) is 3.98. The number of nitrogens with one attached hydrogen (secondary N) is 1. The summed E-state index contributed by atoms with van der Waals surface area (Å²) in [4.78, 5) is 0. The molecule has 1 N–H and O–H groups in total. The van der Waals surface area contributed by atoms with Gasteiger partial charge in [0.05, 0.1) is 11.6 Å². The molecule has 0 bridgehead atoms. The van der Waals surface area contributed by atoms with E-state index in [1.54, 1.807) is 7.11 Å². The van der Waals surface area contributed by atoms with Crippen LogP contribution in [-0.2, 0) is 13.2 Å². The lowest BCUT2D eigenvalue weighted by molar-refractivity contribution is 0.282. The maximum Gasteiger partial charge on any atom is 0.175 e. The van der Waals surface area contributed by atoms with Crippen LogP contribution in [0.2, 0.25) is 0 Å². The molecular weight excluding hydrogens is 378 g/mol. The predicted molar refractivity (Wildman–Crippen MR) is 107 cm³/mol. The summed E-state index contributed by atoms with van der Waals surface area (Å²) < 4.78 is 12.5. The van der Waals surface area contributed by atoms with E-state index in [0.29, 0.717) is 12.5 Å². The molecule has 2 rings (SSSR count). The van der Waals surface area contributed by atoms with Crippen LogP contribution in [0, 0.1) is 12.8 Å². The summed E-state index contributed by atoms with van der Waals surface area (Å²) in [7, 11) is 1.68. The Morgan fingerprint density at radius 1 is 1.12 bits per heavy atom. The molecule has 0 saturated carbocycles. The standard InChI is InChI=1S/C21H28BrNO2/c1-15(2)8-9-23-13-18-11-19(22)21(20(12-18)24-4)25-14-17-7-5-6-16(3)10-17/h5-7,10-12,15,23H,8-9,13-14H2,1-4H3. The van der Waals surface area contributed by atoms with Crippen LogP contribution in [0.3, 0.4) is 0 Å². The normalized spacial score (nSPS) is 11.0. The molecule has 2 aromatic carbocycles. The van der Waals surface area contributed by atoms with Crippen molar-refractivity contribution in [1.29, 1.82) is 0 Å². The number of aryl methyl sites for hydroxylation is 1. The van der Waals surface area contributed by atoms with Gasteiger partial charge in [0.25, 0.3) is 0 Å². The van der Waals surface area contributed by atoms with Gasteiger partial charge in [-0.3, -0.25) is 0 Å². The van der Waals surface area contributed by atoms with Crippen molar-refractivity contribution < 1.29 is 9.47 Å². The highest BCUT2D eigenvalue weighted by Gasteiger charge is 2.12. The van der Waals surface area contributed by atoms with E-state index in [2.05, 4.69) is 66.3 Å². The number of halogens is 1. The van der Waals surface area contributed by atoms with Gasteiger partial charge in [0.1, 0.15) is 6.61 Å². The van der Waals surface area contributed by atoms with E-state index >= 15 is 0 Å². The van der Waals surface area contributed by atoms with E-state index < -0.39 is 0 Å². The molecule has 0 amide bonds. The van der Waals surface area contributed by atoms with Gasteiger partial charge in [-0.2, -0.15) is 0 Å². The first-order chi connectivity index (χ1) is 12.0. The number of ether oxygens (including phenoxy) is 2. The van der Waals surface area contributed by atoms with Gasteiger partial charge in [-0.15, -0.1) is 0 Å². The number of rotatable bonds is 9.